The second-order valence-electron chi connectivity index (χ2n) is 4.45. The first-order valence-corrected chi connectivity index (χ1v) is 8.51. The molecule has 0 spiro atoms. The molecule has 0 aliphatic carbocycles. The van der Waals surface area contributed by atoms with Gasteiger partial charge in [0.15, 0.2) is 0 Å². The van der Waals surface area contributed by atoms with Crippen molar-refractivity contribution in [1.82, 2.24) is 5.32 Å². The number of carbonyl (C=O) groups is 2. The van der Waals surface area contributed by atoms with E-state index in [1.807, 2.05) is 20.1 Å². The van der Waals surface area contributed by atoms with Crippen LogP contribution >= 0.6 is 23.1 Å². The van der Waals surface area contributed by atoms with Crippen molar-refractivity contribution in [3.05, 3.63) is 16.0 Å². The highest BCUT2D eigenvalue weighted by atomic mass is 32.2. The largest absolute Gasteiger partial charge is 0.478 e. The lowest BCUT2D eigenvalue weighted by Gasteiger charge is -2.16. The van der Waals surface area contributed by atoms with E-state index in [0.29, 0.717) is 10.6 Å². The predicted octanol–water partition coefficient (Wildman–Crippen LogP) is 3.33. The van der Waals surface area contributed by atoms with Gasteiger partial charge in [0, 0.05) is 16.7 Å². The zero-order valence-corrected chi connectivity index (χ0v) is 13.7. The van der Waals surface area contributed by atoms with Crippen LogP contribution in [0.5, 0.6) is 0 Å². The van der Waals surface area contributed by atoms with E-state index in [9.17, 15) is 14.7 Å². The van der Waals surface area contributed by atoms with Crippen LogP contribution < -0.4 is 10.6 Å². The minimum Gasteiger partial charge on any atom is -0.478 e. The summed E-state index contributed by atoms with van der Waals surface area (Å²) in [6.45, 7) is 5.60. The maximum atomic E-state index is 11.9. The molecule has 1 aromatic heterocycles. The minimum absolute atomic E-state index is 0.0837. The van der Waals surface area contributed by atoms with Gasteiger partial charge < -0.3 is 10.4 Å². The van der Waals surface area contributed by atoms with Gasteiger partial charge in [0.2, 0.25) is 0 Å². The smallest absolute Gasteiger partial charge is 0.338 e. The summed E-state index contributed by atoms with van der Waals surface area (Å²) in [6.07, 6.45) is 2.82. The lowest BCUT2D eigenvalue weighted by molar-refractivity contribution is 0.0697. The molecule has 2 amide bonds. The summed E-state index contributed by atoms with van der Waals surface area (Å²) < 4.78 is 0. The van der Waals surface area contributed by atoms with Crippen molar-refractivity contribution in [2.24, 2.45) is 0 Å². The predicted molar refractivity (Wildman–Crippen MR) is 85.4 cm³/mol. The molecule has 20 heavy (non-hydrogen) atoms. The number of aromatic carboxylic acids is 1. The van der Waals surface area contributed by atoms with Crippen LogP contribution in [0.4, 0.5) is 9.80 Å². The number of thiophene rings is 1. The van der Waals surface area contributed by atoms with Gasteiger partial charge in [-0.2, -0.15) is 11.8 Å². The molecule has 0 fully saturated rings. The summed E-state index contributed by atoms with van der Waals surface area (Å²) >= 11 is 2.95. The van der Waals surface area contributed by atoms with E-state index in [-0.39, 0.29) is 17.6 Å². The van der Waals surface area contributed by atoms with E-state index in [2.05, 4.69) is 10.6 Å². The van der Waals surface area contributed by atoms with Crippen molar-refractivity contribution in [2.75, 3.05) is 17.3 Å². The van der Waals surface area contributed by atoms with Crippen molar-refractivity contribution in [3.8, 4) is 0 Å². The molecular weight excluding hydrogens is 296 g/mol. The monoisotopic (exact) mass is 316 g/mol. The van der Waals surface area contributed by atoms with Crippen LogP contribution in [0.15, 0.2) is 0 Å². The summed E-state index contributed by atoms with van der Waals surface area (Å²) in [4.78, 5) is 24.1. The van der Waals surface area contributed by atoms with Gasteiger partial charge in [-0.25, -0.2) is 9.59 Å². The number of thioether (sulfide) groups is 1. The van der Waals surface area contributed by atoms with Gasteiger partial charge in [0.25, 0.3) is 0 Å². The standard InChI is InChI=1S/C13H20N2O3S2/c1-5-9(6-19-4)14-13(18)15-11-10(12(16)17)7(2)8(3)20-11/h9H,5-6H2,1-4H3,(H,16,17)(H2,14,15,18). The van der Waals surface area contributed by atoms with Crippen LogP contribution in [0.1, 0.15) is 34.1 Å². The zero-order valence-electron chi connectivity index (χ0n) is 12.1. The first kappa shape index (κ1) is 16.8. The Kier molecular flexibility index (Phi) is 6.35. The van der Waals surface area contributed by atoms with E-state index >= 15 is 0 Å². The van der Waals surface area contributed by atoms with Crippen molar-refractivity contribution >= 4 is 40.1 Å². The maximum Gasteiger partial charge on any atom is 0.338 e. The average Bonchev–Trinajstić information content (AvgIpc) is 2.63. The van der Waals surface area contributed by atoms with Gasteiger partial charge in [-0.15, -0.1) is 11.3 Å². The van der Waals surface area contributed by atoms with Gasteiger partial charge in [-0.05, 0) is 32.1 Å². The van der Waals surface area contributed by atoms with Crippen LogP contribution in [0.2, 0.25) is 0 Å². The number of nitrogens with one attached hydrogen (secondary N) is 2. The zero-order chi connectivity index (χ0) is 15.3. The Hall–Kier alpha value is -1.21. The molecule has 0 bridgehead atoms. The van der Waals surface area contributed by atoms with Crippen molar-refractivity contribution < 1.29 is 14.7 Å². The number of carbonyl (C=O) groups excluding carboxylic acids is 1. The number of hydrogen-bond acceptors (Lipinski definition) is 4. The van der Waals surface area contributed by atoms with Crippen LogP contribution in [-0.2, 0) is 0 Å². The Morgan fingerprint density at radius 3 is 2.55 bits per heavy atom. The van der Waals surface area contributed by atoms with Crippen LogP contribution in [0, 0.1) is 13.8 Å². The highest BCUT2D eigenvalue weighted by molar-refractivity contribution is 7.98. The number of amides is 2. The molecule has 0 saturated carbocycles. The van der Waals surface area contributed by atoms with Gasteiger partial charge in [0.1, 0.15) is 5.00 Å². The molecule has 7 heteroatoms. The second kappa shape index (κ2) is 7.54. The van der Waals surface area contributed by atoms with Crippen LogP contribution in [0.3, 0.4) is 0 Å². The van der Waals surface area contributed by atoms with Crippen LogP contribution in [0.25, 0.3) is 0 Å². The average molecular weight is 316 g/mol. The molecule has 0 saturated heterocycles. The first-order valence-electron chi connectivity index (χ1n) is 6.30. The summed E-state index contributed by atoms with van der Waals surface area (Å²) in [5.74, 6) is -0.184. The van der Waals surface area contributed by atoms with Crippen molar-refractivity contribution in [3.63, 3.8) is 0 Å². The first-order chi connectivity index (χ1) is 9.40. The molecule has 1 rings (SSSR count). The molecular formula is C13H20N2O3S2. The fourth-order valence-corrected chi connectivity index (χ4v) is 3.53. The van der Waals surface area contributed by atoms with E-state index in [0.717, 1.165) is 17.1 Å². The number of hydrogen-bond donors (Lipinski definition) is 3. The topological polar surface area (TPSA) is 78.4 Å². The minimum atomic E-state index is -1.02. The quantitative estimate of drug-likeness (QED) is 0.752. The Morgan fingerprint density at radius 2 is 2.05 bits per heavy atom. The normalized spacial score (nSPS) is 12.0. The number of carboxylic acids is 1. The van der Waals surface area contributed by atoms with Gasteiger partial charge in [0.05, 0.1) is 5.56 Å². The molecule has 0 aliphatic heterocycles. The number of anilines is 1. The Labute approximate surface area is 127 Å². The van der Waals surface area contributed by atoms with Gasteiger partial charge >= 0.3 is 12.0 Å². The highest BCUT2D eigenvalue weighted by Crippen LogP contribution is 2.32. The number of urea groups is 1. The molecule has 112 valence electrons. The summed E-state index contributed by atoms with van der Waals surface area (Å²) in [7, 11) is 0. The lowest BCUT2D eigenvalue weighted by Crippen LogP contribution is -2.39. The third-order valence-corrected chi connectivity index (χ3v) is 4.88. The fourth-order valence-electron chi connectivity index (χ4n) is 1.76. The Bertz CT molecular complexity index is 500. The third kappa shape index (κ3) is 4.14. The Balaban J connectivity index is 2.80. The lowest BCUT2D eigenvalue weighted by atomic mass is 10.1. The fraction of sp³-hybridized carbons (Fsp3) is 0.538. The molecule has 1 heterocycles. The van der Waals surface area contributed by atoms with Crippen molar-refractivity contribution in [2.45, 2.75) is 33.2 Å². The number of aryl methyl sites for hydroxylation is 1. The highest BCUT2D eigenvalue weighted by Gasteiger charge is 2.20. The molecule has 0 aliphatic rings. The number of rotatable bonds is 6. The van der Waals surface area contributed by atoms with E-state index in [1.165, 1.54) is 11.3 Å². The summed E-state index contributed by atoms with van der Waals surface area (Å²) in [5.41, 5.74) is 0.884. The SMILES string of the molecule is CCC(CSC)NC(=O)Nc1sc(C)c(C)c1C(=O)O. The van der Waals surface area contributed by atoms with E-state index in [1.54, 1.807) is 18.7 Å². The van der Waals surface area contributed by atoms with E-state index in [4.69, 9.17) is 0 Å². The second-order valence-corrected chi connectivity index (χ2v) is 6.59. The third-order valence-electron chi connectivity index (χ3n) is 3.02. The maximum absolute atomic E-state index is 11.9. The molecule has 0 aromatic carbocycles. The van der Waals surface area contributed by atoms with Crippen LogP contribution in [-0.4, -0.2) is 35.2 Å². The molecule has 5 nitrogen and oxygen atoms in total. The molecule has 1 unspecified atom stereocenters. The summed E-state index contributed by atoms with van der Waals surface area (Å²) in [6, 6.07) is -0.268. The van der Waals surface area contributed by atoms with Crippen molar-refractivity contribution in [1.29, 1.82) is 0 Å². The van der Waals surface area contributed by atoms with E-state index < -0.39 is 5.97 Å². The molecule has 1 aromatic rings. The van der Waals surface area contributed by atoms with Gasteiger partial charge in [-0.1, -0.05) is 6.92 Å². The molecule has 1 atom stereocenters. The van der Waals surface area contributed by atoms with Gasteiger partial charge in [-0.3, -0.25) is 5.32 Å². The summed E-state index contributed by atoms with van der Waals surface area (Å²) in [5, 5.41) is 15.1. The Morgan fingerprint density at radius 1 is 1.40 bits per heavy atom. The molecule has 0 radical (unpaired) electrons. The molecule has 3 N–H and O–H groups in total. The number of carboxylic acid groups (broad SMARTS) is 1.